The van der Waals surface area contributed by atoms with Gasteiger partial charge in [0, 0.05) is 17.7 Å². The number of piperidine rings is 1. The topological polar surface area (TPSA) is 78.9 Å². The summed E-state index contributed by atoms with van der Waals surface area (Å²) in [5.41, 5.74) is -0.870. The second-order valence-corrected chi connectivity index (χ2v) is 6.88. The molecule has 1 saturated heterocycles. The average molecular weight is 294 g/mol. The number of hydrogen-bond donors (Lipinski definition) is 1. The minimum Gasteiger partial charge on any atom is -0.378 e. The highest BCUT2D eigenvalue weighted by Crippen LogP contribution is 2.38. The zero-order valence-corrected chi connectivity index (χ0v) is 12.9. The molecule has 1 aliphatic rings. The molecule has 0 aliphatic carbocycles. The smallest absolute Gasteiger partial charge is 0.301 e. The summed E-state index contributed by atoms with van der Waals surface area (Å²) in [7, 11) is 0. The SMILES string of the molecule is CC1(C)CC(OCCCOS(=O)O)CC(C)(C)N1[O]. The van der Waals surface area contributed by atoms with Crippen LogP contribution in [0.4, 0.5) is 0 Å². The Kier molecular flexibility index (Phi) is 5.91. The van der Waals surface area contributed by atoms with E-state index in [1.807, 2.05) is 27.7 Å². The Bertz CT molecular complexity index is 303. The third-order valence-corrected chi connectivity index (χ3v) is 3.75. The number of hydrogen-bond acceptors (Lipinski definition) is 4. The average Bonchev–Trinajstić information content (AvgIpc) is 2.24. The molecule has 0 aromatic carbocycles. The summed E-state index contributed by atoms with van der Waals surface area (Å²) in [4.78, 5) is 0. The maximum atomic E-state index is 12.1. The third-order valence-electron chi connectivity index (χ3n) is 3.38. The molecule has 1 aliphatic heterocycles. The first-order chi connectivity index (χ1) is 8.65. The van der Waals surface area contributed by atoms with Gasteiger partial charge in [-0.1, -0.05) is 0 Å². The Labute approximate surface area is 117 Å². The van der Waals surface area contributed by atoms with E-state index >= 15 is 0 Å². The first-order valence-corrected chi connectivity index (χ1v) is 7.51. The highest BCUT2D eigenvalue weighted by molar-refractivity contribution is 7.74. The van der Waals surface area contributed by atoms with Crippen molar-refractivity contribution < 1.29 is 22.9 Å². The van der Waals surface area contributed by atoms with Crippen LogP contribution in [0.3, 0.4) is 0 Å². The molecule has 1 heterocycles. The first kappa shape index (κ1) is 17.0. The van der Waals surface area contributed by atoms with Crippen molar-refractivity contribution in [1.82, 2.24) is 5.06 Å². The van der Waals surface area contributed by atoms with Crippen LogP contribution in [-0.4, -0.2) is 44.2 Å². The second-order valence-electron chi connectivity index (χ2n) is 6.21. The Balaban J connectivity index is 2.37. The molecule has 1 N–H and O–H groups in total. The number of nitrogens with zero attached hydrogens (tertiary/aromatic N) is 1. The van der Waals surface area contributed by atoms with Gasteiger partial charge in [-0.3, -0.25) is 8.74 Å². The van der Waals surface area contributed by atoms with Gasteiger partial charge in [-0.05, 0) is 47.0 Å². The lowest BCUT2D eigenvalue weighted by atomic mass is 9.80. The Hall–Kier alpha value is -0.0500. The van der Waals surface area contributed by atoms with Gasteiger partial charge in [-0.2, -0.15) is 4.21 Å². The number of hydroxylamine groups is 2. The summed E-state index contributed by atoms with van der Waals surface area (Å²) in [6.07, 6.45) is 1.97. The lowest BCUT2D eigenvalue weighted by Gasteiger charge is -2.49. The van der Waals surface area contributed by atoms with Gasteiger partial charge in [0.15, 0.2) is 0 Å². The summed E-state index contributed by atoms with van der Waals surface area (Å²) < 4.78 is 29.0. The standard InChI is InChI=1S/C12H24NO5S/c1-11(2)8-10(9-12(3,4)13(11)14)17-6-5-7-18-19(15)16/h10H,5-9H2,1-4H3,(H,15,16). The molecule has 0 spiro atoms. The highest BCUT2D eigenvalue weighted by atomic mass is 32.2. The van der Waals surface area contributed by atoms with Crippen LogP contribution in [0.1, 0.15) is 47.0 Å². The predicted molar refractivity (Wildman–Crippen MR) is 71.0 cm³/mol. The van der Waals surface area contributed by atoms with E-state index in [-0.39, 0.29) is 12.7 Å². The van der Waals surface area contributed by atoms with Crippen LogP contribution in [0.25, 0.3) is 0 Å². The molecule has 0 aromatic rings. The first-order valence-electron chi connectivity index (χ1n) is 6.48. The van der Waals surface area contributed by atoms with Gasteiger partial charge < -0.3 is 4.74 Å². The molecule has 19 heavy (non-hydrogen) atoms. The zero-order valence-electron chi connectivity index (χ0n) is 12.0. The van der Waals surface area contributed by atoms with E-state index in [1.54, 1.807) is 0 Å². The minimum atomic E-state index is -2.21. The van der Waals surface area contributed by atoms with E-state index in [0.29, 0.717) is 25.9 Å². The molecule has 1 fully saturated rings. The Morgan fingerprint density at radius 3 is 2.21 bits per heavy atom. The molecule has 6 nitrogen and oxygen atoms in total. The van der Waals surface area contributed by atoms with Crippen LogP contribution in [-0.2, 0) is 25.5 Å². The van der Waals surface area contributed by atoms with E-state index in [2.05, 4.69) is 4.18 Å². The molecule has 0 aromatic heterocycles. The van der Waals surface area contributed by atoms with Gasteiger partial charge in [0.25, 0.3) is 0 Å². The van der Waals surface area contributed by atoms with Crippen molar-refractivity contribution in [3.05, 3.63) is 0 Å². The van der Waals surface area contributed by atoms with Crippen LogP contribution in [0, 0.1) is 0 Å². The molecule has 1 atom stereocenters. The van der Waals surface area contributed by atoms with E-state index in [9.17, 15) is 9.42 Å². The van der Waals surface area contributed by atoms with E-state index < -0.39 is 22.4 Å². The lowest BCUT2D eigenvalue weighted by molar-refractivity contribution is -0.301. The van der Waals surface area contributed by atoms with E-state index in [0.717, 1.165) is 5.06 Å². The van der Waals surface area contributed by atoms with Gasteiger partial charge in [-0.25, -0.2) is 0 Å². The van der Waals surface area contributed by atoms with Gasteiger partial charge in [-0.15, -0.1) is 10.3 Å². The lowest BCUT2D eigenvalue weighted by Crippen LogP contribution is -2.59. The fourth-order valence-electron chi connectivity index (χ4n) is 2.73. The van der Waals surface area contributed by atoms with Gasteiger partial charge >= 0.3 is 11.4 Å². The maximum absolute atomic E-state index is 12.1. The summed E-state index contributed by atoms with van der Waals surface area (Å²) in [5, 5.41) is 13.3. The van der Waals surface area contributed by atoms with Gasteiger partial charge in [0.2, 0.25) is 0 Å². The normalized spacial score (nSPS) is 25.4. The van der Waals surface area contributed by atoms with Gasteiger partial charge in [0.05, 0.1) is 12.7 Å². The molecule has 0 amide bonds. The van der Waals surface area contributed by atoms with Crippen molar-refractivity contribution in [2.24, 2.45) is 0 Å². The van der Waals surface area contributed by atoms with Crippen molar-refractivity contribution in [2.45, 2.75) is 64.1 Å². The molecular formula is C12H24NO5S. The van der Waals surface area contributed by atoms with E-state index in [4.69, 9.17) is 9.29 Å². The molecule has 7 heteroatoms. The summed E-state index contributed by atoms with van der Waals surface area (Å²) in [5.74, 6) is 0. The summed E-state index contributed by atoms with van der Waals surface area (Å²) >= 11 is -2.21. The number of ether oxygens (including phenoxy) is 1. The molecule has 1 unspecified atom stereocenters. The van der Waals surface area contributed by atoms with Crippen molar-refractivity contribution in [3.63, 3.8) is 0 Å². The summed E-state index contributed by atoms with van der Waals surface area (Å²) in [6, 6.07) is 0. The molecule has 113 valence electrons. The molecule has 0 saturated carbocycles. The second kappa shape index (κ2) is 6.60. The number of rotatable bonds is 6. The van der Waals surface area contributed by atoms with Gasteiger partial charge in [0.1, 0.15) is 0 Å². The van der Waals surface area contributed by atoms with Crippen LogP contribution >= 0.6 is 0 Å². The largest absolute Gasteiger partial charge is 0.378 e. The third kappa shape index (κ3) is 5.09. The quantitative estimate of drug-likeness (QED) is 0.598. The highest BCUT2D eigenvalue weighted by Gasteiger charge is 2.46. The van der Waals surface area contributed by atoms with Crippen LogP contribution in [0.15, 0.2) is 0 Å². The fraction of sp³-hybridized carbons (Fsp3) is 1.00. The van der Waals surface area contributed by atoms with Crippen molar-refractivity contribution >= 4 is 11.4 Å². The molecule has 1 rings (SSSR count). The summed E-state index contributed by atoms with van der Waals surface area (Å²) in [6.45, 7) is 8.36. The Morgan fingerprint density at radius 1 is 1.21 bits per heavy atom. The van der Waals surface area contributed by atoms with E-state index in [1.165, 1.54) is 0 Å². The van der Waals surface area contributed by atoms with Crippen molar-refractivity contribution in [2.75, 3.05) is 13.2 Å². The van der Waals surface area contributed by atoms with Crippen LogP contribution in [0.5, 0.6) is 0 Å². The zero-order chi connectivity index (χ0) is 14.7. The minimum absolute atomic E-state index is 0.0369. The van der Waals surface area contributed by atoms with Crippen LogP contribution in [0.2, 0.25) is 0 Å². The van der Waals surface area contributed by atoms with Crippen molar-refractivity contribution in [1.29, 1.82) is 0 Å². The van der Waals surface area contributed by atoms with Crippen LogP contribution < -0.4 is 0 Å². The molecule has 0 bridgehead atoms. The molecular weight excluding hydrogens is 270 g/mol. The monoisotopic (exact) mass is 294 g/mol. The maximum Gasteiger partial charge on any atom is 0.301 e. The fourth-order valence-corrected chi connectivity index (χ4v) is 2.99. The van der Waals surface area contributed by atoms with Crippen molar-refractivity contribution in [3.8, 4) is 0 Å². The Morgan fingerprint density at radius 2 is 1.74 bits per heavy atom. The predicted octanol–water partition coefficient (Wildman–Crippen LogP) is 1.91. The molecule has 1 radical (unpaired) electrons.